The number of pyridine rings is 1. The number of nitrogens with zero attached hydrogens (tertiary/aromatic N) is 1. The lowest BCUT2D eigenvalue weighted by Crippen LogP contribution is -2.07. The summed E-state index contributed by atoms with van der Waals surface area (Å²) in [4.78, 5) is 15.6. The summed E-state index contributed by atoms with van der Waals surface area (Å²) in [6.45, 7) is 0. The normalized spacial score (nSPS) is 10.1. The van der Waals surface area contributed by atoms with Gasteiger partial charge in [0.1, 0.15) is 0 Å². The Morgan fingerprint density at radius 3 is 2.79 bits per heavy atom. The molecular weight excluding hydrogens is 236 g/mol. The Bertz CT molecular complexity index is 639. The Morgan fingerprint density at radius 1 is 1.26 bits per heavy atom. The molecule has 0 unspecified atom stereocenters. The average molecular weight is 248 g/mol. The molecule has 0 radical (unpaired) electrons. The summed E-state index contributed by atoms with van der Waals surface area (Å²) in [7, 11) is 0. The number of hydrogen-bond acceptors (Lipinski definition) is 2. The summed E-state index contributed by atoms with van der Waals surface area (Å²) in [5, 5.41) is 2.75. The molecule has 0 fully saturated rings. The number of nitrogens with one attached hydrogen (secondary N) is 1. The van der Waals surface area contributed by atoms with E-state index in [1.54, 1.807) is 36.7 Å². The highest BCUT2D eigenvalue weighted by molar-refractivity contribution is 6.01. The van der Waals surface area contributed by atoms with Crippen LogP contribution in [-0.4, -0.2) is 10.9 Å². The maximum atomic E-state index is 11.7. The van der Waals surface area contributed by atoms with Crippen LogP contribution in [0.5, 0.6) is 0 Å². The molecule has 0 aliphatic heterocycles. The maximum Gasteiger partial charge on any atom is 0.248 e. The van der Waals surface area contributed by atoms with Crippen molar-refractivity contribution in [2.75, 3.05) is 5.32 Å². The van der Waals surface area contributed by atoms with Gasteiger partial charge in [0, 0.05) is 29.7 Å². The van der Waals surface area contributed by atoms with Gasteiger partial charge in [-0.15, -0.1) is 6.42 Å². The SMILES string of the molecule is C#Cc1cccc(NC(=O)/C=C/c2ccncc2)c1. The largest absolute Gasteiger partial charge is 0.322 e. The molecule has 3 heteroatoms. The highest BCUT2D eigenvalue weighted by atomic mass is 16.1. The van der Waals surface area contributed by atoms with Gasteiger partial charge in [0.15, 0.2) is 0 Å². The van der Waals surface area contributed by atoms with Crippen LogP contribution < -0.4 is 5.32 Å². The first-order chi connectivity index (χ1) is 9.28. The number of rotatable bonds is 3. The van der Waals surface area contributed by atoms with Crippen molar-refractivity contribution < 1.29 is 4.79 Å². The minimum atomic E-state index is -0.203. The van der Waals surface area contributed by atoms with Crippen molar-refractivity contribution in [3.05, 3.63) is 66.0 Å². The highest BCUT2D eigenvalue weighted by Crippen LogP contribution is 2.10. The van der Waals surface area contributed by atoms with Crippen molar-refractivity contribution in [2.45, 2.75) is 0 Å². The fourth-order valence-electron chi connectivity index (χ4n) is 1.52. The molecule has 0 aliphatic carbocycles. The van der Waals surface area contributed by atoms with Crippen LogP contribution in [0.15, 0.2) is 54.9 Å². The van der Waals surface area contributed by atoms with Gasteiger partial charge < -0.3 is 5.32 Å². The van der Waals surface area contributed by atoms with Crippen LogP contribution in [-0.2, 0) is 4.79 Å². The van der Waals surface area contributed by atoms with Gasteiger partial charge in [-0.05, 0) is 42.0 Å². The van der Waals surface area contributed by atoms with E-state index in [-0.39, 0.29) is 5.91 Å². The quantitative estimate of drug-likeness (QED) is 0.670. The van der Waals surface area contributed by atoms with E-state index in [2.05, 4.69) is 16.2 Å². The molecule has 19 heavy (non-hydrogen) atoms. The van der Waals surface area contributed by atoms with Gasteiger partial charge in [-0.3, -0.25) is 9.78 Å². The van der Waals surface area contributed by atoms with Gasteiger partial charge in [0.2, 0.25) is 5.91 Å². The molecule has 0 aliphatic rings. The molecule has 1 aromatic heterocycles. The fourth-order valence-corrected chi connectivity index (χ4v) is 1.52. The molecule has 2 rings (SSSR count). The summed E-state index contributed by atoms with van der Waals surface area (Å²) in [6, 6.07) is 10.8. The Morgan fingerprint density at radius 2 is 2.05 bits per heavy atom. The van der Waals surface area contributed by atoms with E-state index in [0.717, 1.165) is 11.1 Å². The summed E-state index contributed by atoms with van der Waals surface area (Å²) in [5.41, 5.74) is 2.33. The van der Waals surface area contributed by atoms with E-state index >= 15 is 0 Å². The Labute approximate surface area is 112 Å². The molecule has 1 N–H and O–H groups in total. The van der Waals surface area contributed by atoms with Crippen LogP contribution in [0.1, 0.15) is 11.1 Å². The van der Waals surface area contributed by atoms with E-state index in [9.17, 15) is 4.79 Å². The van der Waals surface area contributed by atoms with E-state index in [1.807, 2.05) is 18.2 Å². The number of hydrogen-bond donors (Lipinski definition) is 1. The molecule has 0 atom stereocenters. The predicted molar refractivity (Wildman–Crippen MR) is 76.3 cm³/mol. The third kappa shape index (κ3) is 3.83. The number of carbonyl (C=O) groups is 1. The van der Waals surface area contributed by atoms with Gasteiger partial charge >= 0.3 is 0 Å². The third-order valence-corrected chi connectivity index (χ3v) is 2.43. The van der Waals surface area contributed by atoms with E-state index < -0.39 is 0 Å². The van der Waals surface area contributed by atoms with Crippen LogP contribution in [0.25, 0.3) is 6.08 Å². The summed E-state index contributed by atoms with van der Waals surface area (Å²) in [5.74, 6) is 2.32. The van der Waals surface area contributed by atoms with E-state index in [1.165, 1.54) is 6.08 Å². The minimum absolute atomic E-state index is 0.203. The van der Waals surface area contributed by atoms with Crippen molar-refractivity contribution in [2.24, 2.45) is 0 Å². The van der Waals surface area contributed by atoms with Gasteiger partial charge in [-0.2, -0.15) is 0 Å². The summed E-state index contributed by atoms with van der Waals surface area (Å²) < 4.78 is 0. The van der Waals surface area contributed by atoms with Crippen LogP contribution >= 0.6 is 0 Å². The number of terminal acetylenes is 1. The maximum absolute atomic E-state index is 11.7. The summed E-state index contributed by atoms with van der Waals surface area (Å²) in [6.07, 6.45) is 11.8. The average Bonchev–Trinajstić information content (AvgIpc) is 2.46. The van der Waals surface area contributed by atoms with E-state index in [0.29, 0.717) is 5.69 Å². The molecular formula is C16H12N2O. The summed E-state index contributed by atoms with van der Waals surface area (Å²) >= 11 is 0. The first-order valence-corrected chi connectivity index (χ1v) is 5.74. The second-order valence-electron chi connectivity index (χ2n) is 3.83. The second kappa shape index (κ2) is 6.18. The lowest BCUT2D eigenvalue weighted by atomic mass is 10.2. The Hall–Kier alpha value is -2.86. The number of anilines is 1. The number of benzene rings is 1. The lowest BCUT2D eigenvalue weighted by Gasteiger charge is -2.02. The molecule has 0 saturated carbocycles. The van der Waals surface area contributed by atoms with Crippen molar-refractivity contribution in [3.63, 3.8) is 0 Å². The molecule has 2 aromatic rings. The molecule has 0 spiro atoms. The molecule has 1 heterocycles. The Balaban J connectivity index is 2.02. The predicted octanol–water partition coefficient (Wildman–Crippen LogP) is 2.71. The first kappa shape index (κ1) is 12.6. The standard InChI is InChI=1S/C16H12N2O/c1-2-13-4-3-5-15(12-13)18-16(19)7-6-14-8-10-17-11-9-14/h1,3-12H,(H,18,19)/b7-6+. The van der Waals surface area contributed by atoms with E-state index in [4.69, 9.17) is 6.42 Å². The topological polar surface area (TPSA) is 42.0 Å². The second-order valence-corrected chi connectivity index (χ2v) is 3.83. The fraction of sp³-hybridized carbons (Fsp3) is 0. The zero-order valence-corrected chi connectivity index (χ0v) is 10.2. The van der Waals surface area contributed by atoms with Gasteiger partial charge in [0.25, 0.3) is 0 Å². The highest BCUT2D eigenvalue weighted by Gasteiger charge is 1.98. The molecule has 1 amide bonds. The molecule has 0 saturated heterocycles. The lowest BCUT2D eigenvalue weighted by molar-refractivity contribution is -0.111. The zero-order chi connectivity index (χ0) is 13.5. The van der Waals surface area contributed by atoms with Crippen LogP contribution in [0.3, 0.4) is 0 Å². The molecule has 1 aromatic carbocycles. The minimum Gasteiger partial charge on any atom is -0.322 e. The first-order valence-electron chi connectivity index (χ1n) is 5.74. The van der Waals surface area contributed by atoms with Crippen LogP contribution in [0.4, 0.5) is 5.69 Å². The van der Waals surface area contributed by atoms with Crippen molar-refractivity contribution in [1.82, 2.24) is 4.98 Å². The van der Waals surface area contributed by atoms with Crippen molar-refractivity contribution in [1.29, 1.82) is 0 Å². The number of amides is 1. The van der Waals surface area contributed by atoms with Crippen molar-refractivity contribution in [3.8, 4) is 12.3 Å². The Kier molecular flexibility index (Phi) is 4.09. The smallest absolute Gasteiger partial charge is 0.248 e. The monoisotopic (exact) mass is 248 g/mol. The van der Waals surface area contributed by atoms with Gasteiger partial charge in [0.05, 0.1) is 0 Å². The van der Waals surface area contributed by atoms with Gasteiger partial charge in [-0.1, -0.05) is 12.0 Å². The molecule has 0 bridgehead atoms. The number of carbonyl (C=O) groups excluding carboxylic acids is 1. The molecule has 92 valence electrons. The van der Waals surface area contributed by atoms with Crippen LogP contribution in [0, 0.1) is 12.3 Å². The molecule has 3 nitrogen and oxygen atoms in total. The van der Waals surface area contributed by atoms with Crippen molar-refractivity contribution >= 4 is 17.7 Å². The third-order valence-electron chi connectivity index (χ3n) is 2.43. The van der Waals surface area contributed by atoms with Crippen LogP contribution in [0.2, 0.25) is 0 Å². The van der Waals surface area contributed by atoms with Gasteiger partial charge in [-0.25, -0.2) is 0 Å². The zero-order valence-electron chi connectivity index (χ0n) is 10.2. The number of aromatic nitrogens is 1.